The Bertz CT molecular complexity index is 871. The van der Waals surface area contributed by atoms with Gasteiger partial charge in [-0.1, -0.05) is 29.8 Å². The molecule has 6 nitrogen and oxygen atoms in total. The smallest absolute Gasteiger partial charge is 0.417 e. The molecular formula is C19H20ClF3N4O2. The molecule has 10 heteroatoms. The number of halogens is 4. The van der Waals surface area contributed by atoms with Gasteiger partial charge in [0.1, 0.15) is 11.6 Å². The van der Waals surface area contributed by atoms with E-state index < -0.39 is 11.7 Å². The number of carbonyl (C=O) groups is 1. The molecule has 1 fully saturated rings. The summed E-state index contributed by atoms with van der Waals surface area (Å²) in [5, 5.41) is 2.79. The fourth-order valence-electron chi connectivity index (χ4n) is 3.07. The minimum absolute atomic E-state index is 0.0612. The van der Waals surface area contributed by atoms with Crippen LogP contribution in [0.3, 0.4) is 0 Å². The summed E-state index contributed by atoms with van der Waals surface area (Å²) in [6.07, 6.45) is -3.72. The van der Waals surface area contributed by atoms with Crippen molar-refractivity contribution >= 4 is 23.4 Å². The van der Waals surface area contributed by atoms with E-state index in [4.69, 9.17) is 16.3 Å². The van der Waals surface area contributed by atoms with Gasteiger partial charge in [0.05, 0.1) is 17.7 Å². The number of anilines is 1. The van der Waals surface area contributed by atoms with Crippen LogP contribution in [0.5, 0.6) is 5.75 Å². The molecule has 0 atom stereocenters. The summed E-state index contributed by atoms with van der Waals surface area (Å²) in [6, 6.07) is 8.06. The van der Waals surface area contributed by atoms with Gasteiger partial charge in [-0.25, -0.2) is 9.78 Å². The lowest BCUT2D eigenvalue weighted by Crippen LogP contribution is -2.52. The molecule has 0 unspecified atom stereocenters. The standard InChI is InChI=1S/C19H20ClF3N4O2/c1-29-16-5-3-2-4-13(16)11-25-18(28)27-8-6-26(7-9-27)17-15(20)10-14(12-24-17)19(21,22)23/h2-5,10,12H,6-9,11H2,1H3,(H,25,28). The van der Waals surface area contributed by atoms with E-state index in [1.807, 2.05) is 24.3 Å². The molecule has 2 heterocycles. The third-order valence-corrected chi connectivity index (χ3v) is 4.92. The summed E-state index contributed by atoms with van der Waals surface area (Å²) in [7, 11) is 1.57. The molecule has 0 aliphatic carbocycles. The summed E-state index contributed by atoms with van der Waals surface area (Å²) < 4.78 is 43.5. The van der Waals surface area contributed by atoms with Gasteiger partial charge < -0.3 is 19.9 Å². The summed E-state index contributed by atoms with van der Waals surface area (Å²) >= 11 is 6.00. The van der Waals surface area contributed by atoms with Crippen molar-refractivity contribution in [3.63, 3.8) is 0 Å². The van der Waals surface area contributed by atoms with Crippen LogP contribution in [0, 0.1) is 0 Å². The van der Waals surface area contributed by atoms with Gasteiger partial charge in [-0.2, -0.15) is 13.2 Å². The van der Waals surface area contributed by atoms with Gasteiger partial charge in [-0.3, -0.25) is 0 Å². The maximum absolute atomic E-state index is 12.8. The Morgan fingerprint density at radius 1 is 1.24 bits per heavy atom. The van der Waals surface area contributed by atoms with Crippen molar-refractivity contribution in [1.82, 2.24) is 15.2 Å². The molecule has 0 saturated carbocycles. The number of aromatic nitrogens is 1. The van der Waals surface area contributed by atoms with Crippen LogP contribution < -0.4 is 15.0 Å². The fraction of sp³-hybridized carbons (Fsp3) is 0.368. The third-order valence-electron chi connectivity index (χ3n) is 4.64. The lowest BCUT2D eigenvalue weighted by molar-refractivity contribution is -0.137. The number of hydrogen-bond donors (Lipinski definition) is 1. The molecule has 1 aliphatic heterocycles. The van der Waals surface area contributed by atoms with Crippen LogP contribution in [0.4, 0.5) is 23.8 Å². The summed E-state index contributed by atoms with van der Waals surface area (Å²) in [5.41, 5.74) is -0.0247. The van der Waals surface area contributed by atoms with Crippen LogP contribution in [0.25, 0.3) is 0 Å². The zero-order valence-corrected chi connectivity index (χ0v) is 16.4. The number of benzene rings is 1. The van der Waals surface area contributed by atoms with E-state index in [0.717, 1.165) is 17.8 Å². The average molecular weight is 429 g/mol. The van der Waals surface area contributed by atoms with Crippen molar-refractivity contribution in [3.8, 4) is 5.75 Å². The SMILES string of the molecule is COc1ccccc1CNC(=O)N1CCN(c2ncc(C(F)(F)F)cc2Cl)CC1. The number of urea groups is 1. The minimum atomic E-state index is -4.49. The number of methoxy groups -OCH3 is 1. The van der Waals surface area contributed by atoms with E-state index in [0.29, 0.717) is 38.5 Å². The van der Waals surface area contributed by atoms with Gasteiger partial charge in [0, 0.05) is 44.5 Å². The number of para-hydroxylation sites is 1. The molecule has 1 aromatic carbocycles. The van der Waals surface area contributed by atoms with Crippen molar-refractivity contribution in [2.75, 3.05) is 38.2 Å². The first-order valence-corrected chi connectivity index (χ1v) is 9.29. The highest BCUT2D eigenvalue weighted by Gasteiger charge is 2.32. The number of alkyl halides is 3. The van der Waals surface area contributed by atoms with Crippen molar-refractivity contribution in [3.05, 3.63) is 52.7 Å². The molecule has 3 rings (SSSR count). The first kappa shape index (κ1) is 21.0. The van der Waals surface area contributed by atoms with E-state index >= 15 is 0 Å². The van der Waals surface area contributed by atoms with Gasteiger partial charge in [0.25, 0.3) is 0 Å². The Morgan fingerprint density at radius 2 is 1.93 bits per heavy atom. The number of nitrogens with zero attached hydrogens (tertiary/aromatic N) is 3. The Kier molecular flexibility index (Phi) is 6.36. The second-order valence-electron chi connectivity index (χ2n) is 6.47. The fourth-order valence-corrected chi connectivity index (χ4v) is 3.36. The predicted octanol–water partition coefficient (Wildman–Crippen LogP) is 3.79. The summed E-state index contributed by atoms with van der Waals surface area (Å²) in [5.74, 6) is 0.981. The number of carbonyl (C=O) groups excluding carboxylic acids is 1. The van der Waals surface area contributed by atoms with E-state index in [1.165, 1.54) is 0 Å². The largest absolute Gasteiger partial charge is 0.496 e. The Labute approximate surface area is 171 Å². The highest BCUT2D eigenvalue weighted by molar-refractivity contribution is 6.33. The first-order valence-electron chi connectivity index (χ1n) is 8.92. The minimum Gasteiger partial charge on any atom is -0.496 e. The summed E-state index contributed by atoms with van der Waals surface area (Å²) in [6.45, 7) is 1.96. The molecule has 1 N–H and O–H groups in total. The zero-order chi connectivity index (χ0) is 21.0. The van der Waals surface area contributed by atoms with E-state index in [2.05, 4.69) is 10.3 Å². The lowest BCUT2D eigenvalue weighted by atomic mass is 10.2. The highest BCUT2D eigenvalue weighted by Crippen LogP contribution is 2.33. The molecule has 1 saturated heterocycles. The van der Waals surface area contributed by atoms with Crippen molar-refractivity contribution in [1.29, 1.82) is 0 Å². The molecule has 2 amide bonds. The van der Waals surface area contributed by atoms with Crippen LogP contribution in [-0.4, -0.2) is 49.2 Å². The topological polar surface area (TPSA) is 57.7 Å². The molecular weight excluding hydrogens is 409 g/mol. The monoisotopic (exact) mass is 428 g/mol. The molecule has 2 aromatic rings. The number of piperazine rings is 1. The molecule has 0 spiro atoms. The van der Waals surface area contributed by atoms with Gasteiger partial charge in [-0.15, -0.1) is 0 Å². The van der Waals surface area contributed by atoms with Crippen LogP contribution in [-0.2, 0) is 12.7 Å². The Hall–Kier alpha value is -2.68. The van der Waals surface area contributed by atoms with E-state index in [1.54, 1.807) is 16.9 Å². The van der Waals surface area contributed by atoms with Gasteiger partial charge in [0.15, 0.2) is 0 Å². The third kappa shape index (κ3) is 5.03. The summed E-state index contributed by atoms with van der Waals surface area (Å²) in [4.78, 5) is 19.7. The van der Waals surface area contributed by atoms with Crippen molar-refractivity contribution in [2.24, 2.45) is 0 Å². The van der Waals surface area contributed by atoms with Gasteiger partial charge >= 0.3 is 12.2 Å². The van der Waals surface area contributed by atoms with Crippen LogP contribution >= 0.6 is 11.6 Å². The molecule has 1 aliphatic rings. The maximum Gasteiger partial charge on any atom is 0.417 e. The van der Waals surface area contributed by atoms with Gasteiger partial charge in [0.2, 0.25) is 0 Å². The van der Waals surface area contributed by atoms with Crippen molar-refractivity contribution in [2.45, 2.75) is 12.7 Å². The lowest BCUT2D eigenvalue weighted by Gasteiger charge is -2.35. The van der Waals surface area contributed by atoms with E-state index in [9.17, 15) is 18.0 Å². The van der Waals surface area contributed by atoms with Crippen LogP contribution in [0.2, 0.25) is 5.02 Å². The van der Waals surface area contributed by atoms with Gasteiger partial charge in [-0.05, 0) is 12.1 Å². The number of hydrogen-bond acceptors (Lipinski definition) is 4. The normalized spacial score (nSPS) is 14.7. The number of ether oxygens (including phenoxy) is 1. The molecule has 156 valence electrons. The number of nitrogens with one attached hydrogen (secondary N) is 1. The highest BCUT2D eigenvalue weighted by atomic mass is 35.5. The van der Waals surface area contributed by atoms with Crippen LogP contribution in [0.1, 0.15) is 11.1 Å². The number of amides is 2. The number of pyridine rings is 1. The molecule has 1 aromatic heterocycles. The Balaban J connectivity index is 1.55. The maximum atomic E-state index is 12.8. The average Bonchev–Trinajstić information content (AvgIpc) is 2.71. The zero-order valence-electron chi connectivity index (χ0n) is 15.7. The first-order chi connectivity index (χ1) is 13.8. The second kappa shape index (κ2) is 8.77. The molecule has 0 bridgehead atoms. The molecule has 0 radical (unpaired) electrons. The second-order valence-corrected chi connectivity index (χ2v) is 6.88. The van der Waals surface area contributed by atoms with Crippen molar-refractivity contribution < 1.29 is 22.7 Å². The van der Waals surface area contributed by atoms with E-state index in [-0.39, 0.29) is 16.9 Å². The predicted molar refractivity (Wildman–Crippen MR) is 103 cm³/mol. The molecule has 29 heavy (non-hydrogen) atoms. The van der Waals surface area contributed by atoms with Crippen LogP contribution in [0.15, 0.2) is 36.5 Å². The number of rotatable bonds is 4. The quantitative estimate of drug-likeness (QED) is 0.805. The Morgan fingerprint density at radius 3 is 2.55 bits per heavy atom.